The quantitative estimate of drug-likeness (QED) is 0.456. The van der Waals surface area contributed by atoms with Crippen molar-refractivity contribution in [1.82, 2.24) is 0 Å². The van der Waals surface area contributed by atoms with Crippen molar-refractivity contribution in [3.05, 3.63) is 24.3 Å². The Hall–Kier alpha value is -1.03. The maximum Gasteiger partial charge on any atom is 0.0908 e. The molecule has 1 heteroatoms. The second kappa shape index (κ2) is 4.00. The highest BCUT2D eigenvalue weighted by Crippen LogP contribution is 2.47. The maximum absolute atomic E-state index is 8.55. The van der Waals surface area contributed by atoms with E-state index in [9.17, 15) is 0 Å². The summed E-state index contributed by atoms with van der Waals surface area (Å²) in [7, 11) is 0. The van der Waals surface area contributed by atoms with Gasteiger partial charge in [-0.15, -0.1) is 0 Å². The number of rotatable bonds is 1. The van der Waals surface area contributed by atoms with Gasteiger partial charge in [0.15, 0.2) is 0 Å². The van der Waals surface area contributed by atoms with E-state index in [1.165, 1.54) is 12.0 Å². The third kappa shape index (κ3) is 1.90. The van der Waals surface area contributed by atoms with E-state index in [2.05, 4.69) is 33.4 Å². The molecule has 0 radical (unpaired) electrons. The fraction of sp³-hybridized carbons (Fsp3) is 0.615. The Morgan fingerprint density at radius 1 is 1.57 bits per heavy atom. The Morgan fingerprint density at radius 2 is 2.21 bits per heavy atom. The van der Waals surface area contributed by atoms with Crippen molar-refractivity contribution in [3.63, 3.8) is 0 Å². The molecule has 1 aliphatic carbocycles. The van der Waals surface area contributed by atoms with Crippen molar-refractivity contribution >= 4 is 0 Å². The van der Waals surface area contributed by atoms with E-state index < -0.39 is 0 Å². The first-order valence-corrected chi connectivity index (χ1v) is 5.24. The predicted molar refractivity (Wildman–Crippen MR) is 59.6 cm³/mol. The summed E-state index contributed by atoms with van der Waals surface area (Å²) in [5.74, 6) is 1.06. The van der Waals surface area contributed by atoms with Crippen LogP contribution in [0.4, 0.5) is 0 Å². The molecule has 1 saturated carbocycles. The smallest absolute Gasteiger partial charge is 0.0908 e. The van der Waals surface area contributed by atoms with Crippen LogP contribution in [0.2, 0.25) is 0 Å². The van der Waals surface area contributed by atoms with Crippen LogP contribution in [0.15, 0.2) is 24.3 Å². The van der Waals surface area contributed by atoms with Gasteiger partial charge in [-0.3, -0.25) is 0 Å². The lowest BCUT2D eigenvalue weighted by Gasteiger charge is -2.43. The van der Waals surface area contributed by atoms with Gasteiger partial charge in [0.2, 0.25) is 0 Å². The molecule has 0 N–H and O–H groups in total. The minimum absolute atomic E-state index is 0.239. The molecule has 1 aliphatic rings. The molecule has 0 amide bonds. The molecule has 76 valence electrons. The Kier molecular flexibility index (Phi) is 3.16. The number of hydrogen-bond acceptors (Lipinski definition) is 1. The summed E-state index contributed by atoms with van der Waals surface area (Å²) in [4.78, 5) is 0. The summed E-state index contributed by atoms with van der Waals surface area (Å²) < 4.78 is 0. The van der Waals surface area contributed by atoms with E-state index in [-0.39, 0.29) is 5.41 Å². The third-order valence-electron chi connectivity index (χ3n) is 3.77. The molecule has 0 aliphatic heterocycles. The van der Waals surface area contributed by atoms with Crippen LogP contribution in [0.5, 0.6) is 0 Å². The van der Waals surface area contributed by atoms with Gasteiger partial charge in [0, 0.05) is 12.0 Å². The van der Waals surface area contributed by atoms with Crippen molar-refractivity contribution in [1.29, 1.82) is 5.26 Å². The van der Waals surface area contributed by atoms with Gasteiger partial charge >= 0.3 is 0 Å². The molecule has 1 rings (SSSR count). The second-order valence-electron chi connectivity index (χ2n) is 4.89. The molecule has 1 fully saturated rings. The van der Waals surface area contributed by atoms with Gasteiger partial charge in [-0.25, -0.2) is 0 Å². The van der Waals surface area contributed by atoms with Crippen LogP contribution in [0, 0.1) is 28.6 Å². The number of nitriles is 1. The minimum Gasteiger partial charge on any atom is -0.193 e. The van der Waals surface area contributed by atoms with Crippen LogP contribution < -0.4 is 0 Å². The predicted octanol–water partition coefficient (Wildman–Crippen LogP) is 3.69. The van der Waals surface area contributed by atoms with Crippen LogP contribution in [-0.4, -0.2) is 0 Å². The molecule has 14 heavy (non-hydrogen) atoms. The minimum atomic E-state index is 0.239. The van der Waals surface area contributed by atoms with E-state index in [1.54, 1.807) is 6.08 Å². The molecule has 0 bridgehead atoms. The third-order valence-corrected chi connectivity index (χ3v) is 3.77. The van der Waals surface area contributed by atoms with Gasteiger partial charge in [-0.05, 0) is 24.2 Å². The monoisotopic (exact) mass is 189 g/mol. The average molecular weight is 189 g/mol. The van der Waals surface area contributed by atoms with Gasteiger partial charge in [0.1, 0.15) is 0 Å². The second-order valence-corrected chi connectivity index (χ2v) is 4.89. The summed E-state index contributed by atoms with van der Waals surface area (Å²) >= 11 is 0. The summed E-state index contributed by atoms with van der Waals surface area (Å²) in [6.07, 6.45) is 5.93. The molecule has 0 heterocycles. The van der Waals surface area contributed by atoms with Gasteiger partial charge in [0.25, 0.3) is 0 Å². The Balaban J connectivity index is 2.92. The molecule has 2 atom stereocenters. The van der Waals surface area contributed by atoms with Crippen LogP contribution in [0.1, 0.15) is 33.6 Å². The zero-order valence-electron chi connectivity index (χ0n) is 9.38. The summed E-state index contributed by atoms with van der Waals surface area (Å²) in [5.41, 5.74) is 1.52. The van der Waals surface area contributed by atoms with Crippen molar-refractivity contribution < 1.29 is 0 Å². The SMILES string of the molecule is C=C1CCC(C)C(C)(C)C1/C=C/C#N. The molecule has 0 aromatic heterocycles. The molecular formula is C13H19N. The van der Waals surface area contributed by atoms with Crippen molar-refractivity contribution in [3.8, 4) is 6.07 Å². The summed E-state index contributed by atoms with van der Waals surface area (Å²) in [6, 6.07) is 2.07. The number of hydrogen-bond donors (Lipinski definition) is 0. The van der Waals surface area contributed by atoms with E-state index in [1.807, 2.05) is 6.08 Å². The zero-order chi connectivity index (χ0) is 10.8. The van der Waals surface area contributed by atoms with Crippen molar-refractivity contribution in [2.45, 2.75) is 33.6 Å². The van der Waals surface area contributed by atoms with Gasteiger partial charge in [-0.2, -0.15) is 5.26 Å². The fourth-order valence-electron chi connectivity index (χ4n) is 2.29. The topological polar surface area (TPSA) is 23.8 Å². The normalized spacial score (nSPS) is 31.7. The van der Waals surface area contributed by atoms with E-state index in [0.29, 0.717) is 11.8 Å². The highest BCUT2D eigenvalue weighted by atomic mass is 14.4. The van der Waals surface area contributed by atoms with Gasteiger partial charge < -0.3 is 0 Å². The number of nitrogens with zero attached hydrogens (tertiary/aromatic N) is 1. The molecule has 1 nitrogen and oxygen atoms in total. The lowest BCUT2D eigenvalue weighted by Crippen LogP contribution is -2.35. The zero-order valence-corrected chi connectivity index (χ0v) is 9.38. The van der Waals surface area contributed by atoms with Gasteiger partial charge in [0.05, 0.1) is 6.07 Å². The highest BCUT2D eigenvalue weighted by Gasteiger charge is 2.38. The first kappa shape index (κ1) is 11.0. The Labute approximate surface area is 87.1 Å². The molecule has 0 saturated heterocycles. The Morgan fingerprint density at radius 3 is 2.79 bits per heavy atom. The standard InChI is InChI=1S/C13H19N/c1-10-7-8-11(2)13(3,4)12(10)6-5-9-14/h5-6,11-12H,1,7-8H2,2-4H3/b6-5+. The van der Waals surface area contributed by atoms with Crippen molar-refractivity contribution in [2.75, 3.05) is 0 Å². The number of allylic oxidation sites excluding steroid dienone is 3. The lowest BCUT2D eigenvalue weighted by atomic mass is 9.61. The first-order valence-electron chi connectivity index (χ1n) is 5.24. The molecule has 2 unspecified atom stereocenters. The van der Waals surface area contributed by atoms with Crippen LogP contribution in [-0.2, 0) is 0 Å². The van der Waals surface area contributed by atoms with Crippen LogP contribution in [0.25, 0.3) is 0 Å². The largest absolute Gasteiger partial charge is 0.193 e. The van der Waals surface area contributed by atoms with Crippen molar-refractivity contribution in [2.24, 2.45) is 17.3 Å². The fourth-order valence-corrected chi connectivity index (χ4v) is 2.29. The van der Waals surface area contributed by atoms with E-state index >= 15 is 0 Å². The first-order chi connectivity index (χ1) is 6.50. The van der Waals surface area contributed by atoms with E-state index in [0.717, 1.165) is 6.42 Å². The van der Waals surface area contributed by atoms with Crippen LogP contribution >= 0.6 is 0 Å². The van der Waals surface area contributed by atoms with E-state index in [4.69, 9.17) is 5.26 Å². The maximum atomic E-state index is 8.55. The van der Waals surface area contributed by atoms with Crippen LogP contribution in [0.3, 0.4) is 0 Å². The summed E-state index contributed by atoms with van der Waals surface area (Å²) in [6.45, 7) is 11.0. The Bertz CT molecular complexity index is 291. The highest BCUT2D eigenvalue weighted by molar-refractivity contribution is 5.20. The van der Waals surface area contributed by atoms with Gasteiger partial charge in [-0.1, -0.05) is 39.0 Å². The lowest BCUT2D eigenvalue weighted by molar-refractivity contribution is 0.141. The summed E-state index contributed by atoms with van der Waals surface area (Å²) in [5, 5.41) is 8.55. The average Bonchev–Trinajstić information content (AvgIpc) is 2.12. The molecule has 0 spiro atoms. The molecule has 0 aromatic carbocycles. The molecule has 0 aromatic rings. The molecular weight excluding hydrogens is 170 g/mol.